The van der Waals surface area contributed by atoms with Crippen LogP contribution >= 0.6 is 0 Å². The molecule has 0 aliphatic carbocycles. The molecular weight excluding hydrogens is 439 g/mol. The molecule has 0 fully saturated rings. The summed E-state index contributed by atoms with van der Waals surface area (Å²) in [4.78, 5) is 14.6. The van der Waals surface area contributed by atoms with E-state index in [2.05, 4.69) is 4.98 Å². The van der Waals surface area contributed by atoms with Crippen LogP contribution in [-0.4, -0.2) is 9.91 Å². The number of oxazole rings is 1. The molecule has 0 bridgehead atoms. The highest BCUT2D eigenvalue weighted by Crippen LogP contribution is 2.38. The molecule has 0 aliphatic heterocycles. The number of nitro groups is 1. The molecule has 0 saturated heterocycles. The molecule has 1 heterocycles. The number of ether oxygens (including phenoxy) is 1. The van der Waals surface area contributed by atoms with Gasteiger partial charge in [-0.3, -0.25) is 10.1 Å². The molecule has 0 saturated carbocycles. The smallest absolute Gasteiger partial charge is 0.416 e. The summed E-state index contributed by atoms with van der Waals surface area (Å²) in [5.41, 5.74) is -0.268. The first kappa shape index (κ1) is 21.6. The first-order chi connectivity index (χ1) is 15.7. The quantitative estimate of drug-likeness (QED) is 0.192. The molecule has 164 valence electrons. The molecule has 0 spiro atoms. The molecule has 0 atom stereocenters. The van der Waals surface area contributed by atoms with Crippen molar-refractivity contribution in [2.75, 3.05) is 0 Å². The number of halogens is 3. The number of rotatable bonds is 5. The van der Waals surface area contributed by atoms with E-state index >= 15 is 0 Å². The van der Waals surface area contributed by atoms with Gasteiger partial charge in [-0.1, -0.05) is 24.3 Å². The number of nitrogens with zero attached hydrogens (tertiary/aromatic N) is 3. The lowest BCUT2D eigenvalue weighted by atomic mass is 10.1. The molecule has 0 amide bonds. The molecule has 7 nitrogen and oxygen atoms in total. The molecule has 0 unspecified atom stereocenters. The average molecular weight is 451 g/mol. The van der Waals surface area contributed by atoms with Gasteiger partial charge in [0.05, 0.1) is 10.5 Å². The molecule has 1 aromatic heterocycles. The van der Waals surface area contributed by atoms with Crippen LogP contribution in [0.15, 0.2) is 71.1 Å². The highest BCUT2D eigenvalue weighted by atomic mass is 19.4. The lowest BCUT2D eigenvalue weighted by molar-refractivity contribution is -0.385. The van der Waals surface area contributed by atoms with Gasteiger partial charge < -0.3 is 9.15 Å². The van der Waals surface area contributed by atoms with Crippen molar-refractivity contribution >= 4 is 28.4 Å². The van der Waals surface area contributed by atoms with Gasteiger partial charge in [-0.05, 0) is 48.0 Å². The number of alkyl halides is 3. The van der Waals surface area contributed by atoms with Gasteiger partial charge in [0.2, 0.25) is 11.6 Å². The summed E-state index contributed by atoms with van der Waals surface area (Å²) in [6.07, 6.45) is -3.24. The van der Waals surface area contributed by atoms with Crippen LogP contribution in [0.5, 0.6) is 11.5 Å². The van der Waals surface area contributed by atoms with Crippen molar-refractivity contribution in [1.29, 1.82) is 5.26 Å². The van der Waals surface area contributed by atoms with Crippen molar-refractivity contribution in [2.45, 2.75) is 6.18 Å². The molecule has 0 N–H and O–H groups in total. The second-order valence-corrected chi connectivity index (χ2v) is 6.77. The number of nitro benzene ring substituents is 1. The topological polar surface area (TPSA) is 102 Å². The zero-order valence-electron chi connectivity index (χ0n) is 16.5. The number of aromatic nitrogens is 1. The predicted octanol–water partition coefficient (Wildman–Crippen LogP) is 6.61. The van der Waals surface area contributed by atoms with Gasteiger partial charge >= 0.3 is 11.9 Å². The normalized spacial score (nSPS) is 11.9. The maximum Gasteiger partial charge on any atom is 0.416 e. The van der Waals surface area contributed by atoms with Crippen LogP contribution in [0.1, 0.15) is 17.0 Å². The summed E-state index contributed by atoms with van der Waals surface area (Å²) in [5.74, 6) is -0.113. The minimum atomic E-state index is -4.73. The lowest BCUT2D eigenvalue weighted by Gasteiger charge is -2.10. The molecule has 33 heavy (non-hydrogen) atoms. The number of hydrogen-bond donors (Lipinski definition) is 0. The molecular formula is C23H12F3N3O4. The molecule has 3 aromatic carbocycles. The Bertz CT molecular complexity index is 1400. The van der Waals surface area contributed by atoms with Gasteiger partial charge in [0.15, 0.2) is 5.58 Å². The zero-order valence-corrected chi connectivity index (χ0v) is 16.5. The summed E-state index contributed by atoms with van der Waals surface area (Å²) in [6, 6.07) is 17.2. The van der Waals surface area contributed by atoms with Crippen LogP contribution in [-0.2, 0) is 6.18 Å². The van der Waals surface area contributed by atoms with Crippen LogP contribution in [0.4, 0.5) is 18.9 Å². The Balaban J connectivity index is 1.66. The SMILES string of the molecule is N#C/C(=C/c1cccc(Oc2ccc(C(F)(F)F)cc2[N+](=O)[O-])c1)c1nc2ccccc2o1. The zero-order chi connectivity index (χ0) is 23.6. The maximum absolute atomic E-state index is 12.9. The first-order valence-electron chi connectivity index (χ1n) is 9.36. The summed E-state index contributed by atoms with van der Waals surface area (Å²) in [7, 11) is 0. The summed E-state index contributed by atoms with van der Waals surface area (Å²) in [5, 5.41) is 20.8. The van der Waals surface area contributed by atoms with E-state index in [0.29, 0.717) is 28.8 Å². The predicted molar refractivity (Wildman–Crippen MR) is 112 cm³/mol. The van der Waals surface area contributed by atoms with E-state index in [4.69, 9.17) is 9.15 Å². The van der Waals surface area contributed by atoms with E-state index in [0.717, 1.165) is 6.07 Å². The van der Waals surface area contributed by atoms with E-state index < -0.39 is 22.4 Å². The number of para-hydroxylation sites is 2. The minimum Gasteiger partial charge on any atom is -0.450 e. The van der Waals surface area contributed by atoms with Gasteiger partial charge in [-0.25, -0.2) is 4.98 Å². The fourth-order valence-corrected chi connectivity index (χ4v) is 3.01. The van der Waals surface area contributed by atoms with E-state index in [-0.39, 0.29) is 23.0 Å². The molecule has 4 aromatic rings. The van der Waals surface area contributed by atoms with Gasteiger partial charge in [0.1, 0.15) is 22.9 Å². The Morgan fingerprint density at radius 3 is 2.61 bits per heavy atom. The van der Waals surface area contributed by atoms with Gasteiger partial charge in [0, 0.05) is 6.07 Å². The van der Waals surface area contributed by atoms with Crippen molar-refractivity contribution < 1.29 is 27.2 Å². The number of nitriles is 1. The largest absolute Gasteiger partial charge is 0.450 e. The Morgan fingerprint density at radius 1 is 1.12 bits per heavy atom. The Labute approximate surface area is 184 Å². The Morgan fingerprint density at radius 2 is 1.91 bits per heavy atom. The van der Waals surface area contributed by atoms with E-state index in [1.54, 1.807) is 36.4 Å². The summed E-state index contributed by atoms with van der Waals surface area (Å²) >= 11 is 0. The number of allylic oxidation sites excluding steroid dienone is 1. The van der Waals surface area contributed by atoms with Crippen molar-refractivity contribution in [2.24, 2.45) is 0 Å². The van der Waals surface area contributed by atoms with E-state index in [9.17, 15) is 28.5 Å². The van der Waals surface area contributed by atoms with Crippen molar-refractivity contribution in [3.63, 3.8) is 0 Å². The average Bonchev–Trinajstić information content (AvgIpc) is 3.21. The Hall–Kier alpha value is -4.65. The van der Waals surface area contributed by atoms with Crippen LogP contribution in [0.25, 0.3) is 22.7 Å². The maximum atomic E-state index is 12.9. The van der Waals surface area contributed by atoms with E-state index in [1.807, 2.05) is 6.07 Å². The van der Waals surface area contributed by atoms with E-state index in [1.165, 1.54) is 18.2 Å². The van der Waals surface area contributed by atoms with Crippen LogP contribution in [0.2, 0.25) is 0 Å². The highest BCUT2D eigenvalue weighted by molar-refractivity contribution is 5.88. The van der Waals surface area contributed by atoms with Gasteiger partial charge in [-0.15, -0.1) is 0 Å². The van der Waals surface area contributed by atoms with Crippen LogP contribution in [0, 0.1) is 21.4 Å². The molecule has 4 rings (SSSR count). The standard InChI is InChI=1S/C23H12F3N3O4/c24-23(25,26)16-8-9-21(19(12-16)29(30)31)32-17-5-3-4-14(11-17)10-15(13-27)22-28-18-6-1-2-7-20(18)33-22/h1-12H/b15-10-. The molecule has 0 radical (unpaired) electrons. The second-order valence-electron chi connectivity index (χ2n) is 6.77. The van der Waals surface area contributed by atoms with Crippen molar-refractivity contribution in [3.8, 4) is 17.6 Å². The third-order valence-electron chi connectivity index (χ3n) is 4.52. The number of fused-ring (bicyclic) bond motifs is 1. The fourth-order valence-electron chi connectivity index (χ4n) is 3.01. The molecule has 0 aliphatic rings. The van der Waals surface area contributed by atoms with Gasteiger partial charge in [-0.2, -0.15) is 18.4 Å². The lowest BCUT2D eigenvalue weighted by Crippen LogP contribution is -2.06. The number of hydrogen-bond acceptors (Lipinski definition) is 6. The first-order valence-corrected chi connectivity index (χ1v) is 9.36. The minimum absolute atomic E-state index is 0.114. The fraction of sp³-hybridized carbons (Fsp3) is 0.0435. The number of benzene rings is 3. The summed E-state index contributed by atoms with van der Waals surface area (Å²) < 4.78 is 49.8. The molecule has 10 heteroatoms. The van der Waals surface area contributed by atoms with Crippen molar-refractivity contribution in [3.05, 3.63) is 93.9 Å². The van der Waals surface area contributed by atoms with Crippen LogP contribution in [0.3, 0.4) is 0 Å². The third-order valence-corrected chi connectivity index (χ3v) is 4.52. The third kappa shape index (κ3) is 4.67. The summed E-state index contributed by atoms with van der Waals surface area (Å²) in [6.45, 7) is 0. The monoisotopic (exact) mass is 451 g/mol. The van der Waals surface area contributed by atoms with Crippen LogP contribution < -0.4 is 4.74 Å². The highest BCUT2D eigenvalue weighted by Gasteiger charge is 2.33. The Kier molecular flexibility index (Phi) is 5.54. The second kappa shape index (κ2) is 8.47. The van der Waals surface area contributed by atoms with Crippen molar-refractivity contribution in [1.82, 2.24) is 4.98 Å². The van der Waals surface area contributed by atoms with Gasteiger partial charge in [0.25, 0.3) is 0 Å².